The molecule has 0 spiro atoms. The van der Waals surface area contributed by atoms with Gasteiger partial charge in [0.05, 0.1) is 6.61 Å². The third kappa shape index (κ3) is 4.04. The maximum Gasteiger partial charge on any atom is 0.122 e. The number of benzene rings is 1. The van der Waals surface area contributed by atoms with Crippen molar-refractivity contribution in [2.45, 2.75) is 40.5 Å². The van der Waals surface area contributed by atoms with E-state index in [9.17, 15) is 0 Å². The molecule has 0 amide bonds. The van der Waals surface area contributed by atoms with Crippen molar-refractivity contribution >= 4 is 0 Å². The van der Waals surface area contributed by atoms with Crippen molar-refractivity contribution < 1.29 is 4.74 Å². The summed E-state index contributed by atoms with van der Waals surface area (Å²) in [6, 6.07) is 6.44. The van der Waals surface area contributed by atoms with Crippen molar-refractivity contribution in [1.29, 1.82) is 0 Å². The molecular formula is C15H25NO. The molecule has 2 N–H and O–H groups in total. The second-order valence-electron chi connectivity index (χ2n) is 5.84. The van der Waals surface area contributed by atoms with Crippen LogP contribution in [0.5, 0.6) is 5.75 Å². The average molecular weight is 235 g/mol. The highest BCUT2D eigenvalue weighted by Crippen LogP contribution is 2.26. The summed E-state index contributed by atoms with van der Waals surface area (Å²) in [6.07, 6.45) is 0. The summed E-state index contributed by atoms with van der Waals surface area (Å²) < 4.78 is 5.90. The van der Waals surface area contributed by atoms with Crippen LogP contribution in [0, 0.1) is 12.3 Å². The van der Waals surface area contributed by atoms with Gasteiger partial charge in [-0.2, -0.15) is 0 Å². The molecule has 0 aliphatic rings. The Hall–Kier alpha value is -1.02. The standard InChI is InChI=1S/C15H25NO/c1-11(2)13-7-6-12(3)14(8-13)17-10-15(4,5)9-16/h6-8,11H,9-10,16H2,1-5H3. The number of rotatable bonds is 5. The second kappa shape index (κ2) is 5.54. The van der Waals surface area contributed by atoms with Gasteiger partial charge in [-0.05, 0) is 30.0 Å². The lowest BCUT2D eigenvalue weighted by molar-refractivity contribution is 0.186. The third-order valence-corrected chi connectivity index (χ3v) is 3.05. The lowest BCUT2D eigenvalue weighted by Crippen LogP contribution is -2.30. The van der Waals surface area contributed by atoms with Gasteiger partial charge in [0, 0.05) is 12.0 Å². The molecule has 0 atom stereocenters. The Labute approximate surface area is 105 Å². The zero-order valence-corrected chi connectivity index (χ0v) is 11.7. The molecule has 0 saturated carbocycles. The van der Waals surface area contributed by atoms with Crippen molar-refractivity contribution in [2.24, 2.45) is 11.1 Å². The third-order valence-electron chi connectivity index (χ3n) is 3.05. The molecule has 1 rings (SSSR count). The first kappa shape index (κ1) is 14.0. The van der Waals surface area contributed by atoms with E-state index in [1.165, 1.54) is 11.1 Å². The van der Waals surface area contributed by atoms with Crippen LogP contribution < -0.4 is 10.5 Å². The Morgan fingerprint density at radius 3 is 2.47 bits per heavy atom. The Balaban J connectivity index is 2.80. The molecule has 96 valence electrons. The Morgan fingerprint density at radius 2 is 1.94 bits per heavy atom. The molecule has 0 unspecified atom stereocenters. The molecule has 0 aromatic heterocycles. The molecule has 0 heterocycles. The molecule has 2 heteroatoms. The van der Waals surface area contributed by atoms with E-state index in [1.54, 1.807) is 0 Å². The largest absolute Gasteiger partial charge is 0.493 e. The zero-order valence-electron chi connectivity index (χ0n) is 11.7. The molecule has 0 fully saturated rings. The lowest BCUT2D eigenvalue weighted by Gasteiger charge is -2.23. The van der Waals surface area contributed by atoms with Crippen molar-refractivity contribution in [3.63, 3.8) is 0 Å². The van der Waals surface area contributed by atoms with Gasteiger partial charge < -0.3 is 10.5 Å². The van der Waals surface area contributed by atoms with Crippen LogP contribution in [-0.4, -0.2) is 13.2 Å². The summed E-state index contributed by atoms with van der Waals surface area (Å²) >= 11 is 0. The minimum atomic E-state index is 0.0281. The van der Waals surface area contributed by atoms with E-state index in [4.69, 9.17) is 10.5 Å². The Kier molecular flexibility index (Phi) is 4.58. The molecule has 1 aromatic carbocycles. The topological polar surface area (TPSA) is 35.2 Å². The monoisotopic (exact) mass is 235 g/mol. The fraction of sp³-hybridized carbons (Fsp3) is 0.600. The highest BCUT2D eigenvalue weighted by Gasteiger charge is 2.17. The second-order valence-corrected chi connectivity index (χ2v) is 5.84. The molecule has 1 aromatic rings. The summed E-state index contributed by atoms with van der Waals surface area (Å²) in [5, 5.41) is 0. The van der Waals surface area contributed by atoms with Gasteiger partial charge in [-0.15, -0.1) is 0 Å². The van der Waals surface area contributed by atoms with Gasteiger partial charge in [-0.3, -0.25) is 0 Å². The molecule has 0 bridgehead atoms. The van der Waals surface area contributed by atoms with Crippen LogP contribution in [0.25, 0.3) is 0 Å². The van der Waals surface area contributed by atoms with Crippen molar-refractivity contribution in [3.05, 3.63) is 29.3 Å². The summed E-state index contributed by atoms with van der Waals surface area (Å²) in [4.78, 5) is 0. The van der Waals surface area contributed by atoms with E-state index in [-0.39, 0.29) is 5.41 Å². The Bertz CT molecular complexity index is 369. The Morgan fingerprint density at radius 1 is 1.29 bits per heavy atom. The quantitative estimate of drug-likeness (QED) is 0.848. The summed E-state index contributed by atoms with van der Waals surface area (Å²) in [5.74, 6) is 1.51. The van der Waals surface area contributed by atoms with Crippen molar-refractivity contribution in [2.75, 3.05) is 13.2 Å². The van der Waals surface area contributed by atoms with E-state index >= 15 is 0 Å². The molecule has 2 nitrogen and oxygen atoms in total. The number of nitrogens with two attached hydrogens (primary N) is 1. The van der Waals surface area contributed by atoms with Crippen LogP contribution in [-0.2, 0) is 0 Å². The first-order valence-electron chi connectivity index (χ1n) is 6.29. The van der Waals surface area contributed by atoms with Crippen LogP contribution in [0.1, 0.15) is 44.7 Å². The van der Waals surface area contributed by atoms with Crippen LogP contribution in [0.15, 0.2) is 18.2 Å². The SMILES string of the molecule is Cc1ccc(C(C)C)cc1OCC(C)(C)CN. The smallest absolute Gasteiger partial charge is 0.122 e. The maximum atomic E-state index is 5.90. The number of aryl methyl sites for hydroxylation is 1. The van der Waals surface area contributed by atoms with E-state index in [2.05, 4.69) is 52.8 Å². The molecule has 0 aliphatic carbocycles. The molecule has 0 aliphatic heterocycles. The summed E-state index contributed by atoms with van der Waals surface area (Å²) in [6.45, 7) is 12.0. The van der Waals surface area contributed by atoms with Gasteiger partial charge in [-0.25, -0.2) is 0 Å². The zero-order chi connectivity index (χ0) is 13.1. The highest BCUT2D eigenvalue weighted by molar-refractivity contribution is 5.37. The van der Waals surface area contributed by atoms with E-state index in [1.807, 2.05) is 0 Å². The van der Waals surface area contributed by atoms with Crippen LogP contribution >= 0.6 is 0 Å². The normalized spacial score (nSPS) is 11.9. The maximum absolute atomic E-state index is 5.90. The molecular weight excluding hydrogens is 210 g/mol. The number of ether oxygens (including phenoxy) is 1. The van der Waals surface area contributed by atoms with Gasteiger partial charge in [0.2, 0.25) is 0 Å². The summed E-state index contributed by atoms with van der Waals surface area (Å²) in [5.41, 5.74) is 8.23. The van der Waals surface area contributed by atoms with Crippen molar-refractivity contribution in [1.82, 2.24) is 0 Å². The van der Waals surface area contributed by atoms with Gasteiger partial charge >= 0.3 is 0 Å². The number of hydrogen-bond acceptors (Lipinski definition) is 2. The minimum Gasteiger partial charge on any atom is -0.493 e. The summed E-state index contributed by atoms with van der Waals surface area (Å²) in [7, 11) is 0. The average Bonchev–Trinajstić information content (AvgIpc) is 2.27. The highest BCUT2D eigenvalue weighted by atomic mass is 16.5. The van der Waals surface area contributed by atoms with E-state index in [0.717, 1.165) is 5.75 Å². The predicted octanol–water partition coefficient (Wildman–Crippen LogP) is 3.48. The fourth-order valence-corrected chi connectivity index (χ4v) is 1.46. The van der Waals surface area contributed by atoms with Gasteiger partial charge in [-0.1, -0.05) is 39.8 Å². The van der Waals surface area contributed by atoms with E-state index in [0.29, 0.717) is 19.1 Å². The molecule has 0 saturated heterocycles. The predicted molar refractivity (Wildman–Crippen MR) is 73.6 cm³/mol. The van der Waals surface area contributed by atoms with Crippen LogP contribution in [0.4, 0.5) is 0 Å². The van der Waals surface area contributed by atoms with Crippen LogP contribution in [0.2, 0.25) is 0 Å². The fourth-order valence-electron chi connectivity index (χ4n) is 1.46. The van der Waals surface area contributed by atoms with E-state index < -0.39 is 0 Å². The van der Waals surface area contributed by atoms with Gasteiger partial charge in [0.1, 0.15) is 5.75 Å². The lowest BCUT2D eigenvalue weighted by atomic mass is 9.95. The van der Waals surface area contributed by atoms with Crippen molar-refractivity contribution in [3.8, 4) is 5.75 Å². The van der Waals surface area contributed by atoms with Crippen LogP contribution in [0.3, 0.4) is 0 Å². The first-order chi connectivity index (χ1) is 7.85. The molecule has 0 radical (unpaired) electrons. The minimum absolute atomic E-state index is 0.0281. The number of hydrogen-bond donors (Lipinski definition) is 1. The first-order valence-corrected chi connectivity index (χ1v) is 6.29. The molecule has 17 heavy (non-hydrogen) atoms. The van der Waals surface area contributed by atoms with Gasteiger partial charge in [0.25, 0.3) is 0 Å². The van der Waals surface area contributed by atoms with Gasteiger partial charge in [0.15, 0.2) is 0 Å².